The zero-order valence-corrected chi connectivity index (χ0v) is 6.27. The molecule has 2 saturated heterocycles. The van der Waals surface area contributed by atoms with Crippen molar-refractivity contribution in [2.24, 2.45) is 0 Å². The molecule has 3 heteroatoms. The van der Waals surface area contributed by atoms with Crippen LogP contribution in [0.15, 0.2) is 0 Å². The Morgan fingerprint density at radius 1 is 1.00 bits per heavy atom. The molecule has 2 fully saturated rings. The number of fused-ring (bicyclic) bond motifs is 1. The van der Waals surface area contributed by atoms with E-state index >= 15 is 0 Å². The molecular weight excluding hydrogens is 126 g/mol. The van der Waals surface area contributed by atoms with Gasteiger partial charge >= 0.3 is 0 Å². The third kappa shape index (κ3) is 1.17. The fourth-order valence-electron chi connectivity index (χ4n) is 1.72. The van der Waals surface area contributed by atoms with E-state index in [1.807, 2.05) is 0 Å². The van der Waals surface area contributed by atoms with Crippen molar-refractivity contribution in [1.82, 2.24) is 15.5 Å². The number of rotatable bonds is 0. The molecule has 2 aliphatic heterocycles. The quantitative estimate of drug-likeness (QED) is 0.479. The van der Waals surface area contributed by atoms with Crippen LogP contribution >= 0.6 is 0 Å². The Morgan fingerprint density at radius 3 is 2.90 bits per heavy atom. The van der Waals surface area contributed by atoms with Gasteiger partial charge in [0, 0.05) is 19.6 Å². The first-order valence-corrected chi connectivity index (χ1v) is 4.18. The smallest absolute Gasteiger partial charge is 0.114 e. The SMILES string of the molecule is C1CCN2CCNC2NC1. The van der Waals surface area contributed by atoms with Crippen molar-refractivity contribution in [2.75, 3.05) is 26.2 Å². The molecule has 58 valence electrons. The van der Waals surface area contributed by atoms with Gasteiger partial charge in [-0.05, 0) is 19.4 Å². The summed E-state index contributed by atoms with van der Waals surface area (Å²) in [5, 5.41) is 6.87. The highest BCUT2D eigenvalue weighted by atomic mass is 15.4. The summed E-state index contributed by atoms with van der Waals surface area (Å²) in [6, 6.07) is 0. The fraction of sp³-hybridized carbons (Fsp3) is 1.00. The number of hydrogen-bond donors (Lipinski definition) is 2. The highest BCUT2D eigenvalue weighted by Gasteiger charge is 2.23. The van der Waals surface area contributed by atoms with Crippen LogP contribution in [0.2, 0.25) is 0 Å². The summed E-state index contributed by atoms with van der Waals surface area (Å²) in [6.45, 7) is 4.81. The summed E-state index contributed by atoms with van der Waals surface area (Å²) in [4.78, 5) is 2.48. The molecule has 0 aromatic rings. The third-order valence-electron chi connectivity index (χ3n) is 2.31. The Hall–Kier alpha value is -0.120. The predicted octanol–water partition coefficient (Wildman–Crippen LogP) is -0.441. The summed E-state index contributed by atoms with van der Waals surface area (Å²) < 4.78 is 0. The molecule has 1 atom stereocenters. The van der Waals surface area contributed by atoms with E-state index in [0.29, 0.717) is 6.29 Å². The van der Waals surface area contributed by atoms with Gasteiger partial charge in [0.1, 0.15) is 6.29 Å². The molecule has 0 aromatic heterocycles. The Balaban J connectivity index is 1.95. The first-order valence-electron chi connectivity index (χ1n) is 4.18. The van der Waals surface area contributed by atoms with Crippen LogP contribution in [-0.4, -0.2) is 37.4 Å². The van der Waals surface area contributed by atoms with Crippen molar-refractivity contribution in [3.63, 3.8) is 0 Å². The van der Waals surface area contributed by atoms with E-state index in [9.17, 15) is 0 Å². The molecule has 2 aliphatic rings. The lowest BCUT2D eigenvalue weighted by atomic mass is 10.3. The van der Waals surface area contributed by atoms with Gasteiger partial charge in [0.15, 0.2) is 0 Å². The number of nitrogens with zero attached hydrogens (tertiary/aromatic N) is 1. The van der Waals surface area contributed by atoms with Crippen LogP contribution in [0.5, 0.6) is 0 Å². The van der Waals surface area contributed by atoms with Gasteiger partial charge in [-0.25, -0.2) is 0 Å². The molecule has 0 saturated carbocycles. The molecule has 0 amide bonds. The number of hydrogen-bond acceptors (Lipinski definition) is 3. The van der Waals surface area contributed by atoms with Crippen LogP contribution in [-0.2, 0) is 0 Å². The lowest BCUT2D eigenvalue weighted by molar-refractivity contribution is 0.225. The van der Waals surface area contributed by atoms with E-state index in [0.717, 1.165) is 6.54 Å². The van der Waals surface area contributed by atoms with E-state index < -0.39 is 0 Å². The van der Waals surface area contributed by atoms with E-state index in [4.69, 9.17) is 0 Å². The van der Waals surface area contributed by atoms with Gasteiger partial charge in [-0.3, -0.25) is 15.5 Å². The topological polar surface area (TPSA) is 27.3 Å². The maximum atomic E-state index is 3.46. The van der Waals surface area contributed by atoms with Crippen LogP contribution < -0.4 is 10.6 Å². The largest absolute Gasteiger partial charge is 0.289 e. The maximum absolute atomic E-state index is 3.46. The average Bonchev–Trinajstić information content (AvgIpc) is 2.28. The van der Waals surface area contributed by atoms with Gasteiger partial charge in [0.2, 0.25) is 0 Å². The molecule has 0 aromatic carbocycles. The highest BCUT2D eigenvalue weighted by Crippen LogP contribution is 2.06. The monoisotopic (exact) mass is 141 g/mol. The Bertz CT molecular complexity index is 103. The van der Waals surface area contributed by atoms with Gasteiger partial charge in [0.05, 0.1) is 0 Å². The summed E-state index contributed by atoms with van der Waals surface area (Å²) in [5.74, 6) is 0. The lowest BCUT2D eigenvalue weighted by Crippen LogP contribution is -2.46. The molecule has 0 bridgehead atoms. The summed E-state index contributed by atoms with van der Waals surface area (Å²) in [6.07, 6.45) is 3.17. The van der Waals surface area contributed by atoms with Gasteiger partial charge < -0.3 is 0 Å². The van der Waals surface area contributed by atoms with Crippen LogP contribution in [0.3, 0.4) is 0 Å². The lowest BCUT2D eigenvalue weighted by Gasteiger charge is -2.20. The first-order chi connectivity index (χ1) is 4.97. The second-order valence-electron chi connectivity index (χ2n) is 3.05. The zero-order valence-electron chi connectivity index (χ0n) is 6.27. The molecule has 0 spiro atoms. The Kier molecular flexibility index (Phi) is 1.88. The minimum absolute atomic E-state index is 0.488. The average molecular weight is 141 g/mol. The fourth-order valence-corrected chi connectivity index (χ4v) is 1.72. The third-order valence-corrected chi connectivity index (χ3v) is 2.31. The molecular formula is C7H15N3. The summed E-state index contributed by atoms with van der Waals surface area (Å²) in [5.41, 5.74) is 0. The molecule has 10 heavy (non-hydrogen) atoms. The predicted molar refractivity (Wildman–Crippen MR) is 40.6 cm³/mol. The molecule has 3 nitrogen and oxygen atoms in total. The minimum Gasteiger partial charge on any atom is -0.289 e. The van der Waals surface area contributed by atoms with Gasteiger partial charge in [-0.15, -0.1) is 0 Å². The van der Waals surface area contributed by atoms with Crippen molar-refractivity contribution in [3.8, 4) is 0 Å². The molecule has 2 heterocycles. The Labute approximate surface area is 61.8 Å². The number of nitrogens with one attached hydrogen (secondary N) is 2. The highest BCUT2D eigenvalue weighted by molar-refractivity contribution is 4.78. The van der Waals surface area contributed by atoms with Gasteiger partial charge in [-0.2, -0.15) is 0 Å². The Morgan fingerprint density at radius 2 is 1.90 bits per heavy atom. The van der Waals surface area contributed by atoms with E-state index in [1.165, 1.54) is 32.5 Å². The normalized spacial score (nSPS) is 35.4. The first kappa shape index (κ1) is 6.58. The maximum Gasteiger partial charge on any atom is 0.114 e. The van der Waals surface area contributed by atoms with Gasteiger partial charge in [-0.1, -0.05) is 0 Å². The van der Waals surface area contributed by atoms with E-state index in [2.05, 4.69) is 15.5 Å². The second-order valence-corrected chi connectivity index (χ2v) is 3.05. The zero-order chi connectivity index (χ0) is 6.81. The van der Waals surface area contributed by atoms with Crippen molar-refractivity contribution in [1.29, 1.82) is 0 Å². The molecule has 2 N–H and O–H groups in total. The molecule has 0 aliphatic carbocycles. The molecule has 2 rings (SSSR count). The minimum atomic E-state index is 0.488. The van der Waals surface area contributed by atoms with Crippen LogP contribution in [0.1, 0.15) is 12.8 Å². The van der Waals surface area contributed by atoms with Gasteiger partial charge in [0.25, 0.3) is 0 Å². The van der Waals surface area contributed by atoms with E-state index in [-0.39, 0.29) is 0 Å². The second kappa shape index (κ2) is 2.86. The van der Waals surface area contributed by atoms with Crippen LogP contribution in [0, 0.1) is 0 Å². The standard InChI is InChI=1S/C7H15N3/c1-2-5-10-6-4-9-7(10)8-3-1/h7-9H,1-6H2. The molecule has 0 radical (unpaired) electrons. The van der Waals surface area contributed by atoms with Crippen molar-refractivity contribution in [2.45, 2.75) is 19.1 Å². The summed E-state index contributed by atoms with van der Waals surface area (Å²) >= 11 is 0. The summed E-state index contributed by atoms with van der Waals surface area (Å²) in [7, 11) is 0. The van der Waals surface area contributed by atoms with Crippen LogP contribution in [0.25, 0.3) is 0 Å². The van der Waals surface area contributed by atoms with Crippen LogP contribution in [0.4, 0.5) is 0 Å². The van der Waals surface area contributed by atoms with E-state index in [1.54, 1.807) is 0 Å². The molecule has 1 unspecified atom stereocenters. The van der Waals surface area contributed by atoms with Crippen molar-refractivity contribution < 1.29 is 0 Å². The van der Waals surface area contributed by atoms with Crippen molar-refractivity contribution in [3.05, 3.63) is 0 Å². The van der Waals surface area contributed by atoms with Crippen molar-refractivity contribution >= 4 is 0 Å².